The van der Waals surface area contributed by atoms with E-state index in [2.05, 4.69) is 6.92 Å². The monoisotopic (exact) mass is 367 g/mol. The second kappa shape index (κ2) is 7.70. The maximum absolute atomic E-state index is 11.7. The molecule has 4 rings (SSSR count). The number of carbonyl (C=O) groups excluding carboxylic acids is 1. The summed E-state index contributed by atoms with van der Waals surface area (Å²) in [5.41, 5.74) is 2.25. The normalized spacial score (nSPS) is 20.5. The third-order valence-corrected chi connectivity index (χ3v) is 6.65. The first-order valence-corrected chi connectivity index (χ1v) is 10.5. The maximum atomic E-state index is 11.7. The molecular weight excluding hydrogens is 342 g/mol. The minimum absolute atomic E-state index is 0.527. The van der Waals surface area contributed by atoms with Gasteiger partial charge in [-0.3, -0.25) is 4.79 Å². The summed E-state index contributed by atoms with van der Waals surface area (Å²) in [5.74, 6) is 1.42. The highest BCUT2D eigenvalue weighted by Crippen LogP contribution is 2.39. The van der Waals surface area contributed by atoms with Gasteiger partial charge in [-0.1, -0.05) is 67.9 Å². The first-order chi connectivity index (χ1) is 12.8. The minimum atomic E-state index is 0.527. The zero-order valence-electron chi connectivity index (χ0n) is 15.2. The molecule has 2 aromatic heterocycles. The van der Waals surface area contributed by atoms with Gasteiger partial charge in [0.2, 0.25) is 4.96 Å². The van der Waals surface area contributed by atoms with Gasteiger partial charge < -0.3 is 0 Å². The molecule has 0 radical (unpaired) electrons. The van der Waals surface area contributed by atoms with Crippen molar-refractivity contribution in [3.05, 3.63) is 41.0 Å². The minimum Gasteiger partial charge on any atom is -0.296 e. The van der Waals surface area contributed by atoms with Crippen LogP contribution in [0, 0.1) is 5.92 Å². The van der Waals surface area contributed by atoms with Crippen LogP contribution in [0.3, 0.4) is 0 Å². The number of nitrogens with zero attached hydrogens (tertiary/aromatic N) is 3. The van der Waals surface area contributed by atoms with Crippen molar-refractivity contribution in [1.82, 2.24) is 14.6 Å². The highest BCUT2D eigenvalue weighted by Gasteiger charge is 2.26. The van der Waals surface area contributed by atoms with Crippen LogP contribution in [0.2, 0.25) is 0 Å². The molecule has 1 aliphatic rings. The Hall–Kier alpha value is -2.01. The van der Waals surface area contributed by atoms with Gasteiger partial charge in [-0.2, -0.15) is 9.61 Å². The van der Waals surface area contributed by atoms with Crippen molar-refractivity contribution in [3.63, 3.8) is 0 Å². The Balaban J connectivity index is 1.56. The third-order valence-electron chi connectivity index (χ3n) is 5.57. The van der Waals surface area contributed by atoms with Gasteiger partial charge in [-0.05, 0) is 31.6 Å². The van der Waals surface area contributed by atoms with Gasteiger partial charge in [-0.25, -0.2) is 4.98 Å². The van der Waals surface area contributed by atoms with Crippen LogP contribution in [0.5, 0.6) is 0 Å². The summed E-state index contributed by atoms with van der Waals surface area (Å²) in [6.07, 6.45) is 9.95. The van der Waals surface area contributed by atoms with Crippen molar-refractivity contribution in [2.24, 2.45) is 5.92 Å². The lowest BCUT2D eigenvalue weighted by molar-refractivity contribution is 0.111. The molecule has 4 nitrogen and oxygen atoms in total. The molecule has 1 saturated carbocycles. The first kappa shape index (κ1) is 17.4. The molecule has 1 aromatic carbocycles. The van der Waals surface area contributed by atoms with Crippen LogP contribution >= 0.6 is 11.3 Å². The van der Waals surface area contributed by atoms with E-state index in [0.717, 1.165) is 33.4 Å². The second-order valence-electron chi connectivity index (χ2n) is 7.32. The van der Waals surface area contributed by atoms with Gasteiger partial charge >= 0.3 is 0 Å². The lowest BCUT2D eigenvalue weighted by atomic mass is 9.80. The zero-order valence-corrected chi connectivity index (χ0v) is 16.0. The van der Waals surface area contributed by atoms with Gasteiger partial charge in [-0.15, -0.1) is 0 Å². The van der Waals surface area contributed by atoms with Gasteiger partial charge in [0.25, 0.3) is 0 Å². The van der Waals surface area contributed by atoms with Crippen LogP contribution in [0.4, 0.5) is 0 Å². The summed E-state index contributed by atoms with van der Waals surface area (Å²) in [6, 6.07) is 9.87. The third kappa shape index (κ3) is 3.32. The summed E-state index contributed by atoms with van der Waals surface area (Å²) in [6.45, 7) is 2.27. The van der Waals surface area contributed by atoms with E-state index < -0.39 is 0 Å². The number of imidazole rings is 1. The molecular formula is C21H25N3OS. The number of aldehydes is 1. The number of carbonyl (C=O) groups is 1. The molecule has 0 saturated heterocycles. The Morgan fingerprint density at radius 2 is 1.96 bits per heavy atom. The Kier molecular flexibility index (Phi) is 5.16. The van der Waals surface area contributed by atoms with Gasteiger partial charge in [0.05, 0.1) is 0 Å². The fraction of sp³-hybridized carbons (Fsp3) is 0.476. The molecule has 26 heavy (non-hydrogen) atoms. The standard InChI is InChI=1S/C21H25N3OS/c1-2-3-7-15-10-12-17(13-11-15)20-23-24-18(14-25)19(22-21(24)26-20)16-8-5-4-6-9-16/h4-6,8-9,14-15,17H,2-3,7,10-13H2,1H3. The average molecular weight is 368 g/mol. The van der Waals surface area contributed by atoms with Crippen molar-refractivity contribution in [2.75, 3.05) is 0 Å². The number of fused-ring (bicyclic) bond motifs is 1. The molecule has 0 aliphatic heterocycles. The highest BCUT2D eigenvalue weighted by molar-refractivity contribution is 7.16. The Morgan fingerprint density at radius 1 is 1.19 bits per heavy atom. The van der Waals surface area contributed by atoms with E-state index in [1.807, 2.05) is 30.3 Å². The van der Waals surface area contributed by atoms with Crippen LogP contribution in [0.25, 0.3) is 16.2 Å². The molecule has 1 fully saturated rings. The molecule has 0 atom stereocenters. The molecule has 0 spiro atoms. The SMILES string of the molecule is CCCCC1CCC(c2nn3c(C=O)c(-c4ccccc4)nc3s2)CC1. The van der Waals surface area contributed by atoms with Crippen molar-refractivity contribution in [2.45, 2.75) is 57.8 Å². The van der Waals surface area contributed by atoms with E-state index in [0.29, 0.717) is 11.6 Å². The highest BCUT2D eigenvalue weighted by atomic mass is 32.1. The van der Waals surface area contributed by atoms with Crippen molar-refractivity contribution in [1.29, 1.82) is 0 Å². The summed E-state index contributed by atoms with van der Waals surface area (Å²) in [7, 11) is 0. The summed E-state index contributed by atoms with van der Waals surface area (Å²) in [4.78, 5) is 17.2. The number of aromatic nitrogens is 3. The zero-order chi connectivity index (χ0) is 17.9. The lowest BCUT2D eigenvalue weighted by Gasteiger charge is -2.26. The number of hydrogen-bond acceptors (Lipinski definition) is 4. The molecule has 0 bridgehead atoms. The van der Waals surface area contributed by atoms with E-state index in [1.54, 1.807) is 15.9 Å². The van der Waals surface area contributed by atoms with E-state index >= 15 is 0 Å². The van der Waals surface area contributed by atoms with Gasteiger partial charge in [0, 0.05) is 11.5 Å². The molecule has 3 aromatic rings. The van der Waals surface area contributed by atoms with Crippen molar-refractivity contribution in [3.8, 4) is 11.3 Å². The van der Waals surface area contributed by atoms with E-state index in [-0.39, 0.29) is 0 Å². The molecule has 0 amide bonds. The lowest BCUT2D eigenvalue weighted by Crippen LogP contribution is -2.13. The Morgan fingerprint density at radius 3 is 2.65 bits per heavy atom. The molecule has 0 unspecified atom stereocenters. The van der Waals surface area contributed by atoms with Gasteiger partial charge in [0.1, 0.15) is 16.4 Å². The van der Waals surface area contributed by atoms with Gasteiger partial charge in [0.15, 0.2) is 6.29 Å². The fourth-order valence-corrected chi connectivity index (χ4v) is 5.12. The predicted molar refractivity (Wildman–Crippen MR) is 106 cm³/mol. The quantitative estimate of drug-likeness (QED) is 0.522. The largest absolute Gasteiger partial charge is 0.296 e. The predicted octanol–water partition coefficient (Wildman–Crippen LogP) is 5.73. The number of rotatable bonds is 6. The number of hydrogen-bond donors (Lipinski definition) is 0. The Labute approximate surface area is 158 Å². The van der Waals surface area contributed by atoms with Crippen LogP contribution < -0.4 is 0 Å². The molecule has 1 aliphatic carbocycles. The average Bonchev–Trinajstić information content (AvgIpc) is 3.25. The summed E-state index contributed by atoms with van der Waals surface area (Å²) >= 11 is 1.65. The van der Waals surface area contributed by atoms with E-state index in [1.165, 1.54) is 44.9 Å². The maximum Gasteiger partial charge on any atom is 0.213 e. The second-order valence-corrected chi connectivity index (χ2v) is 8.31. The number of unbranched alkanes of at least 4 members (excludes halogenated alkanes) is 1. The number of benzene rings is 1. The van der Waals surface area contributed by atoms with Crippen molar-refractivity contribution >= 4 is 22.6 Å². The fourth-order valence-electron chi connectivity index (χ4n) is 4.05. The topological polar surface area (TPSA) is 47.3 Å². The Bertz CT molecular complexity index is 875. The van der Waals surface area contributed by atoms with E-state index in [4.69, 9.17) is 10.1 Å². The summed E-state index contributed by atoms with van der Waals surface area (Å²) < 4.78 is 1.75. The van der Waals surface area contributed by atoms with Crippen LogP contribution in [0.15, 0.2) is 30.3 Å². The van der Waals surface area contributed by atoms with Crippen LogP contribution in [-0.2, 0) is 0 Å². The van der Waals surface area contributed by atoms with Crippen LogP contribution in [-0.4, -0.2) is 20.9 Å². The first-order valence-electron chi connectivity index (χ1n) is 9.70. The molecule has 0 N–H and O–H groups in total. The molecule has 2 heterocycles. The smallest absolute Gasteiger partial charge is 0.213 e. The molecule has 136 valence electrons. The van der Waals surface area contributed by atoms with Crippen LogP contribution in [0.1, 0.15) is 73.3 Å². The molecule has 5 heteroatoms. The van der Waals surface area contributed by atoms with Crippen molar-refractivity contribution < 1.29 is 4.79 Å². The van der Waals surface area contributed by atoms with E-state index in [9.17, 15) is 4.79 Å². The summed E-state index contributed by atoms with van der Waals surface area (Å²) in [5, 5.41) is 5.92.